The summed E-state index contributed by atoms with van der Waals surface area (Å²) in [7, 11) is 2.99. The van der Waals surface area contributed by atoms with Crippen LogP contribution in [0.3, 0.4) is 0 Å². The van der Waals surface area contributed by atoms with Gasteiger partial charge >= 0.3 is 0 Å². The van der Waals surface area contributed by atoms with Crippen LogP contribution in [0.15, 0.2) is 42.5 Å². The predicted octanol–water partition coefficient (Wildman–Crippen LogP) is 3.50. The van der Waals surface area contributed by atoms with Crippen LogP contribution in [0.25, 0.3) is 0 Å². The molecule has 1 unspecified atom stereocenters. The van der Waals surface area contributed by atoms with Crippen molar-refractivity contribution in [3.63, 3.8) is 0 Å². The first-order valence-electron chi connectivity index (χ1n) is 7.66. The molecule has 1 atom stereocenters. The van der Waals surface area contributed by atoms with Crippen molar-refractivity contribution in [3.8, 4) is 5.75 Å². The van der Waals surface area contributed by atoms with Crippen molar-refractivity contribution in [2.24, 2.45) is 0 Å². The number of methoxy groups -OCH3 is 1. The molecule has 0 saturated carbocycles. The molecule has 0 aliphatic heterocycles. The highest BCUT2D eigenvalue weighted by Gasteiger charge is 2.20. The van der Waals surface area contributed by atoms with Crippen LogP contribution in [0.2, 0.25) is 0 Å². The second-order valence-electron chi connectivity index (χ2n) is 5.68. The van der Waals surface area contributed by atoms with Gasteiger partial charge in [0, 0.05) is 19.2 Å². The molecule has 25 heavy (non-hydrogen) atoms. The number of likely N-dealkylation sites (N-methyl/N-ethyl adjacent to an activating group) is 1. The molecule has 0 fully saturated rings. The summed E-state index contributed by atoms with van der Waals surface area (Å²) in [5, 5.41) is 10.9. The van der Waals surface area contributed by atoms with E-state index in [9.17, 15) is 19.3 Å². The van der Waals surface area contributed by atoms with Gasteiger partial charge in [0.1, 0.15) is 0 Å². The molecule has 132 valence electrons. The molecule has 2 aromatic rings. The molecule has 0 bridgehead atoms. The highest BCUT2D eigenvalue weighted by molar-refractivity contribution is 5.79. The fraction of sp³-hybridized carbons (Fsp3) is 0.278. The highest BCUT2D eigenvalue weighted by atomic mass is 19.1. The van der Waals surface area contributed by atoms with Gasteiger partial charge in [-0.1, -0.05) is 18.2 Å². The Morgan fingerprint density at radius 1 is 1.32 bits per heavy atom. The molecular formula is C18H19FN2O4. The number of nitro benzene ring substituents is 1. The molecular weight excluding hydrogens is 327 g/mol. The molecule has 0 saturated heterocycles. The standard InChI is InChI=1S/C18H19FN2O4/c1-12(14-5-4-6-15(11-14)21(23)24)20(2)18(22)10-13-7-8-17(25-3)16(19)9-13/h4-9,11-12H,10H2,1-3H3. The Hall–Kier alpha value is -2.96. The van der Waals surface area contributed by atoms with E-state index in [1.54, 1.807) is 32.2 Å². The SMILES string of the molecule is COc1ccc(CC(=O)N(C)C(C)c2cccc([N+](=O)[O-])c2)cc1F. The number of carbonyl (C=O) groups excluding carboxylic acids is 1. The predicted molar refractivity (Wildman–Crippen MR) is 90.9 cm³/mol. The van der Waals surface area contributed by atoms with Crippen molar-refractivity contribution in [3.05, 3.63) is 69.5 Å². The molecule has 0 aromatic heterocycles. The van der Waals surface area contributed by atoms with Crippen molar-refractivity contribution in [2.45, 2.75) is 19.4 Å². The molecule has 0 radical (unpaired) electrons. The lowest BCUT2D eigenvalue weighted by Crippen LogP contribution is -2.31. The zero-order chi connectivity index (χ0) is 18.6. The number of ether oxygens (including phenoxy) is 1. The largest absolute Gasteiger partial charge is 0.494 e. The number of rotatable bonds is 6. The zero-order valence-electron chi connectivity index (χ0n) is 14.2. The number of benzene rings is 2. The number of amides is 1. The summed E-state index contributed by atoms with van der Waals surface area (Å²) in [4.78, 5) is 24.3. The smallest absolute Gasteiger partial charge is 0.269 e. The van der Waals surface area contributed by atoms with Gasteiger partial charge in [-0.15, -0.1) is 0 Å². The average Bonchev–Trinajstić information content (AvgIpc) is 2.60. The third kappa shape index (κ3) is 4.32. The van der Waals surface area contributed by atoms with Crippen LogP contribution < -0.4 is 4.74 Å². The lowest BCUT2D eigenvalue weighted by molar-refractivity contribution is -0.384. The molecule has 1 amide bonds. The van der Waals surface area contributed by atoms with Gasteiger partial charge in [0.15, 0.2) is 11.6 Å². The summed E-state index contributed by atoms with van der Waals surface area (Å²) < 4.78 is 18.6. The van der Waals surface area contributed by atoms with Crippen LogP contribution in [0.1, 0.15) is 24.1 Å². The minimum atomic E-state index is -0.526. The molecule has 2 rings (SSSR count). The number of nitrogens with zero attached hydrogens (tertiary/aromatic N) is 2. The second kappa shape index (κ2) is 7.74. The summed E-state index contributed by atoms with van der Waals surface area (Å²) in [5.74, 6) is -0.625. The van der Waals surface area contributed by atoms with Crippen molar-refractivity contribution in [1.82, 2.24) is 4.90 Å². The first-order chi connectivity index (χ1) is 11.8. The minimum absolute atomic E-state index is 0.0245. The summed E-state index contributed by atoms with van der Waals surface area (Å²) in [6, 6.07) is 10.2. The van der Waals surface area contributed by atoms with Gasteiger partial charge < -0.3 is 9.64 Å². The molecule has 0 heterocycles. The van der Waals surface area contributed by atoms with Crippen LogP contribution in [0.4, 0.5) is 10.1 Å². The lowest BCUT2D eigenvalue weighted by atomic mass is 10.1. The van der Waals surface area contributed by atoms with Gasteiger partial charge in [0.05, 0.1) is 24.5 Å². The Labute approximate surface area is 145 Å². The maximum Gasteiger partial charge on any atom is 0.269 e. The normalized spacial score (nSPS) is 11.7. The first-order valence-corrected chi connectivity index (χ1v) is 7.66. The van der Waals surface area contributed by atoms with Gasteiger partial charge in [-0.25, -0.2) is 4.39 Å². The zero-order valence-corrected chi connectivity index (χ0v) is 14.2. The number of nitro groups is 1. The van der Waals surface area contributed by atoms with Crippen LogP contribution in [0, 0.1) is 15.9 Å². The fourth-order valence-corrected chi connectivity index (χ4v) is 2.46. The van der Waals surface area contributed by atoms with Gasteiger partial charge in [-0.2, -0.15) is 0 Å². The third-order valence-corrected chi connectivity index (χ3v) is 4.11. The van der Waals surface area contributed by atoms with E-state index in [0.717, 1.165) is 0 Å². The number of halogens is 1. The van der Waals surface area contributed by atoms with Gasteiger partial charge in [-0.3, -0.25) is 14.9 Å². The Morgan fingerprint density at radius 3 is 2.64 bits per heavy atom. The molecule has 0 N–H and O–H groups in total. The fourth-order valence-electron chi connectivity index (χ4n) is 2.46. The van der Waals surface area contributed by atoms with Crippen LogP contribution in [0.5, 0.6) is 5.75 Å². The van der Waals surface area contributed by atoms with E-state index in [1.807, 2.05) is 0 Å². The number of hydrogen-bond donors (Lipinski definition) is 0. The topological polar surface area (TPSA) is 72.7 Å². The Kier molecular flexibility index (Phi) is 5.69. The maximum absolute atomic E-state index is 13.7. The van der Waals surface area contributed by atoms with Crippen LogP contribution in [-0.2, 0) is 11.2 Å². The maximum atomic E-state index is 13.7. The van der Waals surface area contributed by atoms with Gasteiger partial charge in [0.2, 0.25) is 5.91 Å². The quantitative estimate of drug-likeness (QED) is 0.593. The Balaban J connectivity index is 2.12. The van der Waals surface area contributed by atoms with E-state index < -0.39 is 10.7 Å². The van der Waals surface area contributed by atoms with E-state index in [4.69, 9.17) is 4.74 Å². The first kappa shape index (κ1) is 18.4. The Morgan fingerprint density at radius 2 is 2.04 bits per heavy atom. The monoisotopic (exact) mass is 346 g/mol. The van der Waals surface area contributed by atoms with Crippen LogP contribution in [-0.4, -0.2) is 29.9 Å². The molecule has 7 heteroatoms. The van der Waals surface area contributed by atoms with Gasteiger partial charge in [0.25, 0.3) is 5.69 Å². The Bertz CT molecular complexity index is 794. The lowest BCUT2D eigenvalue weighted by Gasteiger charge is -2.25. The van der Waals surface area contributed by atoms with Gasteiger partial charge in [-0.05, 0) is 30.2 Å². The third-order valence-electron chi connectivity index (χ3n) is 4.11. The summed E-state index contributed by atoms with van der Waals surface area (Å²) in [5.41, 5.74) is 1.16. The van der Waals surface area contributed by atoms with Crippen molar-refractivity contribution in [2.75, 3.05) is 14.2 Å². The minimum Gasteiger partial charge on any atom is -0.494 e. The van der Waals surface area contributed by atoms with E-state index in [-0.39, 0.29) is 29.8 Å². The summed E-state index contributed by atoms with van der Waals surface area (Å²) in [6.45, 7) is 1.78. The van der Waals surface area contributed by atoms with E-state index in [1.165, 1.54) is 36.3 Å². The molecule has 2 aromatic carbocycles. The molecule has 0 aliphatic rings. The molecule has 0 aliphatic carbocycles. The molecule has 6 nitrogen and oxygen atoms in total. The highest BCUT2D eigenvalue weighted by Crippen LogP contribution is 2.24. The van der Waals surface area contributed by atoms with Crippen molar-refractivity contribution >= 4 is 11.6 Å². The summed E-state index contributed by atoms with van der Waals surface area (Å²) in [6.07, 6.45) is 0.0245. The molecule has 0 spiro atoms. The number of carbonyl (C=O) groups is 1. The number of non-ortho nitro benzene ring substituents is 1. The van der Waals surface area contributed by atoms with Crippen molar-refractivity contribution in [1.29, 1.82) is 0 Å². The average molecular weight is 346 g/mol. The summed E-state index contributed by atoms with van der Waals surface area (Å²) >= 11 is 0. The van der Waals surface area contributed by atoms with Crippen molar-refractivity contribution < 1.29 is 18.8 Å². The van der Waals surface area contributed by atoms with Crippen LogP contribution >= 0.6 is 0 Å². The van der Waals surface area contributed by atoms with E-state index >= 15 is 0 Å². The van der Waals surface area contributed by atoms with E-state index in [2.05, 4.69) is 0 Å². The number of hydrogen-bond acceptors (Lipinski definition) is 4. The second-order valence-corrected chi connectivity index (χ2v) is 5.68. The van der Waals surface area contributed by atoms with E-state index in [0.29, 0.717) is 11.1 Å².